The molecule has 1 fully saturated rings. The summed E-state index contributed by atoms with van der Waals surface area (Å²) in [5.74, 6) is 1.80. The molecule has 1 N–H and O–H groups in total. The predicted octanol–water partition coefficient (Wildman–Crippen LogP) is 4.07. The molecule has 2 amide bonds. The van der Waals surface area contributed by atoms with Crippen LogP contribution in [0.3, 0.4) is 0 Å². The fraction of sp³-hybridized carbons (Fsp3) is 0.333. The highest BCUT2D eigenvalue weighted by molar-refractivity contribution is 5.89. The van der Waals surface area contributed by atoms with E-state index in [9.17, 15) is 18.0 Å². The number of piperazine rings is 1. The van der Waals surface area contributed by atoms with Crippen LogP contribution in [0.2, 0.25) is 0 Å². The van der Waals surface area contributed by atoms with Crippen LogP contribution in [-0.2, 0) is 12.6 Å². The van der Waals surface area contributed by atoms with E-state index in [2.05, 4.69) is 20.4 Å². The molecule has 168 valence electrons. The van der Waals surface area contributed by atoms with Crippen LogP contribution in [0.25, 0.3) is 11.4 Å². The molecule has 0 radical (unpaired) electrons. The lowest BCUT2D eigenvalue weighted by Crippen LogP contribution is -2.50. The number of anilines is 2. The molecule has 32 heavy (non-hydrogen) atoms. The minimum atomic E-state index is -4.46. The molecule has 11 heteroatoms. The highest BCUT2D eigenvalue weighted by atomic mass is 19.4. The Kier molecular flexibility index (Phi) is 5.97. The Hall–Kier alpha value is -3.63. The summed E-state index contributed by atoms with van der Waals surface area (Å²) >= 11 is 0. The Morgan fingerprint density at radius 2 is 1.94 bits per heavy atom. The number of urea groups is 1. The standard InChI is InChI=1S/C21H21F3N6O2/c1-2-18-27-19(28-32-18)14-6-7-17(25-13-14)29-8-10-30(11-9-29)20(31)26-16-5-3-4-15(12-16)21(22,23)24/h3-7,12-13H,2,8-11H2,1H3,(H,26,31). The van der Waals surface area contributed by atoms with Gasteiger partial charge in [0.2, 0.25) is 11.7 Å². The van der Waals surface area contributed by atoms with Crippen molar-refractivity contribution >= 4 is 17.5 Å². The lowest BCUT2D eigenvalue weighted by atomic mass is 10.2. The van der Waals surface area contributed by atoms with Crippen LogP contribution in [-0.4, -0.2) is 52.2 Å². The van der Waals surface area contributed by atoms with Gasteiger partial charge in [-0.3, -0.25) is 0 Å². The van der Waals surface area contributed by atoms with Gasteiger partial charge in [0.1, 0.15) is 5.82 Å². The summed E-state index contributed by atoms with van der Waals surface area (Å²) in [6, 6.07) is 7.87. The highest BCUT2D eigenvalue weighted by Crippen LogP contribution is 2.30. The topological polar surface area (TPSA) is 87.4 Å². The van der Waals surface area contributed by atoms with Crippen LogP contribution in [0.1, 0.15) is 18.4 Å². The molecule has 0 bridgehead atoms. The van der Waals surface area contributed by atoms with Gasteiger partial charge < -0.3 is 19.6 Å². The van der Waals surface area contributed by atoms with E-state index in [-0.39, 0.29) is 5.69 Å². The summed E-state index contributed by atoms with van der Waals surface area (Å²) in [7, 11) is 0. The number of carbonyl (C=O) groups excluding carboxylic acids is 1. The van der Waals surface area contributed by atoms with Crippen molar-refractivity contribution in [3.05, 3.63) is 54.0 Å². The number of pyridine rings is 1. The molecular formula is C21H21F3N6O2. The quantitative estimate of drug-likeness (QED) is 0.650. The van der Waals surface area contributed by atoms with E-state index in [1.54, 1.807) is 11.1 Å². The van der Waals surface area contributed by atoms with Crippen LogP contribution in [0.5, 0.6) is 0 Å². The third-order valence-corrected chi connectivity index (χ3v) is 5.11. The summed E-state index contributed by atoms with van der Waals surface area (Å²) in [6.07, 6.45) is -2.13. The molecule has 0 atom stereocenters. The monoisotopic (exact) mass is 446 g/mol. The largest absolute Gasteiger partial charge is 0.416 e. The number of hydrogen-bond donors (Lipinski definition) is 1. The molecule has 0 unspecified atom stereocenters. The zero-order chi connectivity index (χ0) is 22.7. The van der Waals surface area contributed by atoms with E-state index in [0.29, 0.717) is 44.3 Å². The number of rotatable bonds is 4. The Morgan fingerprint density at radius 1 is 1.16 bits per heavy atom. The van der Waals surface area contributed by atoms with E-state index >= 15 is 0 Å². The predicted molar refractivity (Wildman–Crippen MR) is 111 cm³/mol. The summed E-state index contributed by atoms with van der Waals surface area (Å²) in [4.78, 5) is 24.8. The molecule has 0 aliphatic carbocycles. The number of aryl methyl sites for hydroxylation is 1. The third-order valence-electron chi connectivity index (χ3n) is 5.11. The first kappa shape index (κ1) is 21.6. The second kappa shape index (κ2) is 8.85. The molecular weight excluding hydrogens is 425 g/mol. The Morgan fingerprint density at radius 3 is 2.56 bits per heavy atom. The SMILES string of the molecule is CCc1nc(-c2ccc(N3CCN(C(=O)Nc4cccc(C(F)(F)F)c4)CC3)nc2)no1. The van der Waals surface area contributed by atoms with Crippen molar-refractivity contribution in [2.45, 2.75) is 19.5 Å². The molecule has 1 aliphatic heterocycles. The fourth-order valence-corrected chi connectivity index (χ4v) is 3.34. The minimum Gasteiger partial charge on any atom is -0.353 e. The van der Waals surface area contributed by atoms with Crippen LogP contribution in [0.15, 0.2) is 47.1 Å². The smallest absolute Gasteiger partial charge is 0.353 e. The van der Waals surface area contributed by atoms with E-state index < -0.39 is 17.8 Å². The lowest BCUT2D eigenvalue weighted by molar-refractivity contribution is -0.137. The van der Waals surface area contributed by atoms with Gasteiger partial charge in [-0.15, -0.1) is 0 Å². The average Bonchev–Trinajstić information content (AvgIpc) is 3.28. The number of benzene rings is 1. The summed E-state index contributed by atoms with van der Waals surface area (Å²) in [5.41, 5.74) is 0.0508. The van der Waals surface area contributed by atoms with E-state index in [1.165, 1.54) is 12.1 Å². The van der Waals surface area contributed by atoms with E-state index in [4.69, 9.17) is 4.52 Å². The molecule has 4 rings (SSSR count). The first-order chi connectivity index (χ1) is 15.3. The number of nitrogens with zero attached hydrogens (tertiary/aromatic N) is 5. The lowest BCUT2D eigenvalue weighted by Gasteiger charge is -2.35. The molecule has 1 aromatic carbocycles. The Balaban J connectivity index is 1.33. The average molecular weight is 446 g/mol. The third kappa shape index (κ3) is 4.82. The minimum absolute atomic E-state index is 0.109. The van der Waals surface area contributed by atoms with Gasteiger partial charge in [0, 0.05) is 50.0 Å². The van der Waals surface area contributed by atoms with Gasteiger partial charge in [0.05, 0.1) is 5.56 Å². The molecule has 2 aromatic heterocycles. The number of nitrogens with one attached hydrogen (secondary N) is 1. The van der Waals surface area contributed by atoms with E-state index in [0.717, 1.165) is 23.5 Å². The first-order valence-corrected chi connectivity index (χ1v) is 10.1. The molecule has 0 saturated carbocycles. The zero-order valence-electron chi connectivity index (χ0n) is 17.3. The maximum absolute atomic E-state index is 12.9. The van der Waals surface area contributed by atoms with Gasteiger partial charge in [-0.2, -0.15) is 18.2 Å². The van der Waals surface area contributed by atoms with Crippen molar-refractivity contribution in [3.63, 3.8) is 0 Å². The molecule has 8 nitrogen and oxygen atoms in total. The fourth-order valence-electron chi connectivity index (χ4n) is 3.34. The number of hydrogen-bond acceptors (Lipinski definition) is 6. The van der Waals surface area contributed by atoms with Crippen molar-refractivity contribution in [2.24, 2.45) is 0 Å². The number of alkyl halides is 3. The van der Waals surface area contributed by atoms with Crippen molar-refractivity contribution in [2.75, 3.05) is 36.4 Å². The number of amides is 2. The van der Waals surface area contributed by atoms with Gasteiger partial charge in [0.15, 0.2) is 0 Å². The maximum Gasteiger partial charge on any atom is 0.416 e. The molecule has 1 saturated heterocycles. The Labute approximate surface area is 182 Å². The number of aromatic nitrogens is 3. The molecule has 3 aromatic rings. The van der Waals surface area contributed by atoms with Crippen molar-refractivity contribution in [1.82, 2.24) is 20.0 Å². The molecule has 0 spiro atoms. The van der Waals surface area contributed by atoms with Crippen molar-refractivity contribution in [3.8, 4) is 11.4 Å². The molecule has 3 heterocycles. The van der Waals surface area contributed by atoms with Crippen LogP contribution in [0, 0.1) is 0 Å². The Bertz CT molecular complexity index is 1080. The van der Waals surface area contributed by atoms with Gasteiger partial charge in [-0.25, -0.2) is 9.78 Å². The second-order valence-corrected chi connectivity index (χ2v) is 7.25. The summed E-state index contributed by atoms with van der Waals surface area (Å²) in [5, 5.41) is 6.47. The number of carbonyl (C=O) groups is 1. The second-order valence-electron chi connectivity index (χ2n) is 7.25. The number of halogens is 3. The van der Waals surface area contributed by atoms with Crippen LogP contribution in [0.4, 0.5) is 29.5 Å². The van der Waals surface area contributed by atoms with Gasteiger partial charge in [-0.05, 0) is 30.3 Å². The van der Waals surface area contributed by atoms with E-state index in [1.807, 2.05) is 24.0 Å². The first-order valence-electron chi connectivity index (χ1n) is 10.1. The zero-order valence-corrected chi connectivity index (χ0v) is 17.3. The van der Waals surface area contributed by atoms with Gasteiger partial charge >= 0.3 is 12.2 Å². The van der Waals surface area contributed by atoms with Crippen LogP contribution >= 0.6 is 0 Å². The molecule has 1 aliphatic rings. The normalized spacial score (nSPS) is 14.5. The maximum atomic E-state index is 12.9. The van der Waals surface area contributed by atoms with Crippen molar-refractivity contribution < 1.29 is 22.5 Å². The van der Waals surface area contributed by atoms with Gasteiger partial charge in [0.25, 0.3) is 0 Å². The van der Waals surface area contributed by atoms with Crippen LogP contribution < -0.4 is 10.2 Å². The highest BCUT2D eigenvalue weighted by Gasteiger charge is 2.30. The van der Waals surface area contributed by atoms with Gasteiger partial charge in [-0.1, -0.05) is 18.1 Å². The summed E-state index contributed by atoms with van der Waals surface area (Å²) < 4.78 is 43.7. The summed E-state index contributed by atoms with van der Waals surface area (Å²) in [6.45, 7) is 3.85. The van der Waals surface area contributed by atoms with Crippen molar-refractivity contribution in [1.29, 1.82) is 0 Å².